The zero-order valence-electron chi connectivity index (χ0n) is 16.7. The highest BCUT2D eigenvalue weighted by atomic mass is 19.1. The largest absolute Gasteiger partial charge is 0.378 e. The number of benzene rings is 2. The summed E-state index contributed by atoms with van der Waals surface area (Å²) in [5.74, 6) is 0.428. The minimum Gasteiger partial charge on any atom is -0.378 e. The van der Waals surface area contributed by atoms with Crippen LogP contribution in [0, 0.1) is 12.7 Å². The van der Waals surface area contributed by atoms with Gasteiger partial charge in [-0.05, 0) is 49.2 Å². The smallest absolute Gasteiger partial charge is 0.270 e. The maximum Gasteiger partial charge on any atom is 0.270 e. The van der Waals surface area contributed by atoms with Gasteiger partial charge in [-0.3, -0.25) is 4.79 Å². The molecule has 150 valence electrons. The molecule has 0 aliphatic rings. The van der Waals surface area contributed by atoms with Crippen LogP contribution in [0.2, 0.25) is 0 Å². The second-order valence-corrected chi connectivity index (χ2v) is 6.85. The topological polar surface area (TPSA) is 70.2 Å². The van der Waals surface area contributed by atoms with E-state index in [1.165, 1.54) is 6.07 Å². The van der Waals surface area contributed by atoms with Crippen LogP contribution in [-0.4, -0.2) is 36.5 Å². The fraction of sp³-hybridized carbons (Fsp3) is 0.227. The van der Waals surface area contributed by atoms with Gasteiger partial charge in [0.25, 0.3) is 5.91 Å². The molecular weight excluding hydrogens is 369 g/mol. The summed E-state index contributed by atoms with van der Waals surface area (Å²) in [6, 6.07) is 16.0. The molecule has 1 amide bonds. The number of hydrogen-bond donors (Lipinski definition) is 2. The third-order valence-electron chi connectivity index (χ3n) is 4.36. The fourth-order valence-corrected chi connectivity index (χ4v) is 2.84. The molecular formula is C22H24FN5O. The number of hydrogen-bond acceptors (Lipinski definition) is 5. The molecule has 0 atom stereocenters. The molecule has 1 heterocycles. The van der Waals surface area contributed by atoms with Crippen LogP contribution >= 0.6 is 0 Å². The summed E-state index contributed by atoms with van der Waals surface area (Å²) < 4.78 is 13.7. The summed E-state index contributed by atoms with van der Waals surface area (Å²) in [7, 11) is 3.96. The molecule has 0 bridgehead atoms. The zero-order chi connectivity index (χ0) is 20.8. The second-order valence-electron chi connectivity index (χ2n) is 6.85. The molecule has 0 aliphatic carbocycles. The predicted molar refractivity (Wildman–Crippen MR) is 113 cm³/mol. The van der Waals surface area contributed by atoms with E-state index in [0.717, 1.165) is 11.4 Å². The van der Waals surface area contributed by atoms with Crippen molar-refractivity contribution in [2.24, 2.45) is 0 Å². The highest BCUT2D eigenvalue weighted by Crippen LogP contribution is 2.19. The lowest BCUT2D eigenvalue weighted by Gasteiger charge is -2.13. The van der Waals surface area contributed by atoms with Crippen LogP contribution in [-0.2, 0) is 6.42 Å². The quantitative estimate of drug-likeness (QED) is 0.640. The standard InChI is InChI=1S/C22H24FN5O/c1-15-25-20(22(29)24-13-12-16-6-4-5-7-19(16)23)14-21(26-15)27-17-8-10-18(11-9-17)28(2)3/h4-11,14H,12-13H2,1-3H3,(H,24,29)(H,25,26,27). The lowest BCUT2D eigenvalue weighted by molar-refractivity contribution is 0.0948. The maximum absolute atomic E-state index is 13.7. The lowest BCUT2D eigenvalue weighted by atomic mass is 10.1. The van der Waals surface area contributed by atoms with Gasteiger partial charge in [-0.25, -0.2) is 14.4 Å². The Morgan fingerprint density at radius 3 is 2.48 bits per heavy atom. The first-order valence-electron chi connectivity index (χ1n) is 9.34. The van der Waals surface area contributed by atoms with Crippen LogP contribution in [0.1, 0.15) is 21.9 Å². The third-order valence-corrected chi connectivity index (χ3v) is 4.36. The number of aromatic nitrogens is 2. The molecule has 7 heteroatoms. The van der Waals surface area contributed by atoms with Crippen molar-refractivity contribution in [2.75, 3.05) is 30.9 Å². The van der Waals surface area contributed by atoms with Gasteiger partial charge >= 0.3 is 0 Å². The Morgan fingerprint density at radius 1 is 1.07 bits per heavy atom. The summed E-state index contributed by atoms with van der Waals surface area (Å²) in [6.45, 7) is 2.05. The minimum absolute atomic E-state index is 0.262. The normalized spacial score (nSPS) is 10.5. The predicted octanol–water partition coefficient (Wildman–Crippen LogP) is 3.71. The van der Waals surface area contributed by atoms with E-state index in [2.05, 4.69) is 20.6 Å². The molecule has 0 fully saturated rings. The first-order chi connectivity index (χ1) is 13.9. The van der Waals surface area contributed by atoms with Crippen molar-refractivity contribution < 1.29 is 9.18 Å². The van der Waals surface area contributed by atoms with Crippen LogP contribution in [0.4, 0.5) is 21.6 Å². The van der Waals surface area contributed by atoms with E-state index >= 15 is 0 Å². The number of amides is 1. The van der Waals surface area contributed by atoms with Crippen molar-refractivity contribution in [3.63, 3.8) is 0 Å². The van der Waals surface area contributed by atoms with E-state index in [1.807, 2.05) is 43.3 Å². The number of halogens is 1. The molecule has 2 aromatic carbocycles. The molecule has 0 saturated carbocycles. The Labute approximate surface area is 169 Å². The first-order valence-corrected chi connectivity index (χ1v) is 9.34. The molecule has 3 aromatic rings. The van der Waals surface area contributed by atoms with E-state index in [4.69, 9.17) is 0 Å². The van der Waals surface area contributed by atoms with Crippen molar-refractivity contribution in [3.8, 4) is 0 Å². The van der Waals surface area contributed by atoms with Crippen LogP contribution in [0.3, 0.4) is 0 Å². The van der Waals surface area contributed by atoms with E-state index in [1.54, 1.807) is 31.2 Å². The van der Waals surface area contributed by atoms with Gasteiger partial charge in [0.05, 0.1) is 0 Å². The van der Waals surface area contributed by atoms with Gasteiger partial charge in [0, 0.05) is 38.1 Å². The molecule has 0 aliphatic heterocycles. The Balaban J connectivity index is 1.64. The average molecular weight is 393 g/mol. The van der Waals surface area contributed by atoms with Gasteiger partial charge in [0.15, 0.2) is 0 Å². The van der Waals surface area contributed by atoms with Gasteiger partial charge in [0.1, 0.15) is 23.2 Å². The molecule has 0 saturated heterocycles. The van der Waals surface area contributed by atoms with Gasteiger partial charge in [0.2, 0.25) is 0 Å². The monoisotopic (exact) mass is 393 g/mol. The summed E-state index contributed by atoms with van der Waals surface area (Å²) in [4.78, 5) is 23.0. The fourth-order valence-electron chi connectivity index (χ4n) is 2.84. The minimum atomic E-state index is -0.321. The Bertz CT molecular complexity index is 989. The lowest BCUT2D eigenvalue weighted by Crippen LogP contribution is -2.27. The number of carbonyl (C=O) groups excluding carboxylic acids is 1. The van der Waals surface area contributed by atoms with Crippen LogP contribution in [0.15, 0.2) is 54.6 Å². The molecule has 1 aromatic heterocycles. The number of aryl methyl sites for hydroxylation is 1. The third kappa shape index (κ3) is 5.51. The van der Waals surface area contributed by atoms with Crippen LogP contribution in [0.5, 0.6) is 0 Å². The van der Waals surface area contributed by atoms with Gasteiger partial charge in [-0.15, -0.1) is 0 Å². The van der Waals surface area contributed by atoms with Crippen LogP contribution < -0.4 is 15.5 Å². The molecule has 2 N–H and O–H groups in total. The molecule has 0 spiro atoms. The van der Waals surface area contributed by atoms with E-state index in [0.29, 0.717) is 30.2 Å². The van der Waals surface area contributed by atoms with Crippen molar-refractivity contribution >= 4 is 23.1 Å². The number of nitrogens with zero attached hydrogens (tertiary/aromatic N) is 3. The maximum atomic E-state index is 13.7. The van der Waals surface area contributed by atoms with E-state index in [9.17, 15) is 9.18 Å². The Morgan fingerprint density at radius 2 is 1.79 bits per heavy atom. The van der Waals surface area contributed by atoms with E-state index in [-0.39, 0.29) is 17.4 Å². The summed E-state index contributed by atoms with van der Waals surface area (Å²) in [5, 5.41) is 5.98. The summed E-state index contributed by atoms with van der Waals surface area (Å²) in [5.41, 5.74) is 2.78. The summed E-state index contributed by atoms with van der Waals surface area (Å²) in [6.07, 6.45) is 0.409. The van der Waals surface area contributed by atoms with Crippen LogP contribution in [0.25, 0.3) is 0 Å². The molecule has 0 radical (unpaired) electrons. The first kappa shape index (κ1) is 20.3. The van der Waals surface area contributed by atoms with Gasteiger partial charge < -0.3 is 15.5 Å². The van der Waals surface area contributed by atoms with E-state index < -0.39 is 0 Å². The van der Waals surface area contributed by atoms with Crippen molar-refractivity contribution in [1.82, 2.24) is 15.3 Å². The Hall–Kier alpha value is -3.48. The van der Waals surface area contributed by atoms with Crippen molar-refractivity contribution in [1.29, 1.82) is 0 Å². The zero-order valence-corrected chi connectivity index (χ0v) is 16.7. The van der Waals surface area contributed by atoms with Crippen molar-refractivity contribution in [2.45, 2.75) is 13.3 Å². The molecule has 0 unspecified atom stereocenters. The average Bonchev–Trinajstić information content (AvgIpc) is 2.69. The van der Waals surface area contributed by atoms with Gasteiger partial charge in [-0.1, -0.05) is 18.2 Å². The number of carbonyl (C=O) groups is 1. The van der Waals surface area contributed by atoms with Crippen molar-refractivity contribution in [3.05, 3.63) is 77.5 Å². The number of rotatable bonds is 7. The molecule has 3 rings (SSSR count). The summed E-state index contributed by atoms with van der Waals surface area (Å²) >= 11 is 0. The molecule has 29 heavy (non-hydrogen) atoms. The highest BCUT2D eigenvalue weighted by molar-refractivity contribution is 5.93. The molecule has 6 nitrogen and oxygen atoms in total. The van der Waals surface area contributed by atoms with Gasteiger partial charge in [-0.2, -0.15) is 0 Å². The second kappa shape index (κ2) is 9.14. The number of nitrogens with one attached hydrogen (secondary N) is 2. The Kier molecular flexibility index (Phi) is 6.39. The highest BCUT2D eigenvalue weighted by Gasteiger charge is 2.11. The SMILES string of the molecule is Cc1nc(Nc2ccc(N(C)C)cc2)cc(C(=O)NCCc2ccccc2F)n1. The number of anilines is 3.